The van der Waals surface area contributed by atoms with Crippen molar-refractivity contribution in [1.29, 1.82) is 0 Å². The summed E-state index contributed by atoms with van der Waals surface area (Å²) in [5.41, 5.74) is 2.30. The molecule has 2 aromatic carbocycles. The van der Waals surface area contributed by atoms with E-state index >= 15 is 0 Å². The van der Waals surface area contributed by atoms with Gasteiger partial charge in [0.15, 0.2) is 11.5 Å². The van der Waals surface area contributed by atoms with Gasteiger partial charge in [0.2, 0.25) is 5.91 Å². The third-order valence-corrected chi connectivity index (χ3v) is 5.04. The summed E-state index contributed by atoms with van der Waals surface area (Å²) < 4.78 is 5.42. The zero-order valence-electron chi connectivity index (χ0n) is 16.1. The molecule has 2 atom stereocenters. The summed E-state index contributed by atoms with van der Waals surface area (Å²) in [4.78, 5) is 25.1. The van der Waals surface area contributed by atoms with Crippen molar-refractivity contribution < 1.29 is 19.4 Å². The van der Waals surface area contributed by atoms with Crippen LogP contribution in [-0.4, -0.2) is 23.7 Å². The first-order valence-corrected chi connectivity index (χ1v) is 9.47. The molecule has 3 rings (SSSR count). The van der Waals surface area contributed by atoms with Crippen molar-refractivity contribution in [2.45, 2.75) is 19.9 Å². The number of urea groups is 1. The average Bonchev–Trinajstić information content (AvgIpc) is 2.66. The Morgan fingerprint density at radius 2 is 2.07 bits per heavy atom. The molecule has 0 unspecified atom stereocenters. The highest BCUT2D eigenvalue weighted by molar-refractivity contribution is 6.31. The van der Waals surface area contributed by atoms with Crippen LogP contribution in [0.15, 0.2) is 48.7 Å². The molecule has 7 nitrogen and oxygen atoms in total. The Bertz CT molecular complexity index is 976. The molecule has 0 spiro atoms. The van der Waals surface area contributed by atoms with Crippen LogP contribution in [0.1, 0.15) is 24.1 Å². The molecule has 1 aliphatic heterocycles. The Morgan fingerprint density at radius 3 is 2.76 bits per heavy atom. The quantitative estimate of drug-likeness (QED) is 0.595. The van der Waals surface area contributed by atoms with Gasteiger partial charge in [-0.1, -0.05) is 30.3 Å². The molecule has 0 aromatic heterocycles. The molecule has 0 radical (unpaired) electrons. The van der Waals surface area contributed by atoms with Gasteiger partial charge in [-0.15, -0.1) is 0 Å². The Balaban J connectivity index is 1.92. The molecule has 0 bridgehead atoms. The van der Waals surface area contributed by atoms with E-state index in [1.807, 2.05) is 6.92 Å². The van der Waals surface area contributed by atoms with Crippen LogP contribution in [0.3, 0.4) is 0 Å². The van der Waals surface area contributed by atoms with Gasteiger partial charge in [0.1, 0.15) is 5.92 Å². The Kier molecular flexibility index (Phi) is 5.98. The van der Waals surface area contributed by atoms with Crippen LogP contribution in [0.5, 0.6) is 11.5 Å². The zero-order valence-corrected chi connectivity index (χ0v) is 16.8. The molecule has 4 N–H and O–H groups in total. The summed E-state index contributed by atoms with van der Waals surface area (Å²) in [6.45, 7) is 7.88. The number of aromatic hydroxyl groups is 1. The lowest BCUT2D eigenvalue weighted by Crippen LogP contribution is -2.51. The first kappa shape index (κ1) is 20.5. The molecular weight excluding hydrogens is 394 g/mol. The number of carbonyl (C=O) groups is 2. The van der Waals surface area contributed by atoms with Gasteiger partial charge < -0.3 is 25.8 Å². The predicted octanol–water partition coefficient (Wildman–Crippen LogP) is 3.88. The molecule has 29 heavy (non-hydrogen) atoms. The lowest BCUT2D eigenvalue weighted by molar-refractivity contribution is -0.119. The normalized spacial score (nSPS) is 18.6. The lowest BCUT2D eigenvalue weighted by atomic mass is 9.88. The minimum Gasteiger partial charge on any atom is -0.504 e. The number of phenolic OH excluding ortho intramolecular Hbond substituents is 1. The highest BCUT2D eigenvalue weighted by Gasteiger charge is 2.38. The lowest BCUT2D eigenvalue weighted by Gasteiger charge is -2.34. The predicted molar refractivity (Wildman–Crippen MR) is 111 cm³/mol. The SMILES string of the molecule is C=C1NC(=O)N[C@@H](c2ccc(O)c(OCC)c2)[C@@H]1C(=O)Nc1ccc(C)c(Cl)c1. The molecule has 0 aliphatic carbocycles. The van der Waals surface area contributed by atoms with Crippen LogP contribution < -0.4 is 20.7 Å². The van der Waals surface area contributed by atoms with E-state index in [9.17, 15) is 14.7 Å². The fourth-order valence-electron chi connectivity index (χ4n) is 3.16. The molecule has 1 heterocycles. The van der Waals surface area contributed by atoms with E-state index in [1.54, 1.807) is 37.3 Å². The topological polar surface area (TPSA) is 99.7 Å². The Hall–Kier alpha value is -3.19. The van der Waals surface area contributed by atoms with Crippen LogP contribution in [0, 0.1) is 12.8 Å². The first-order valence-electron chi connectivity index (χ1n) is 9.09. The monoisotopic (exact) mass is 415 g/mol. The van der Waals surface area contributed by atoms with Crippen LogP contribution in [0.4, 0.5) is 10.5 Å². The summed E-state index contributed by atoms with van der Waals surface area (Å²) in [5, 5.41) is 18.6. The molecular formula is C21H22ClN3O4. The van der Waals surface area contributed by atoms with Crippen molar-refractivity contribution in [3.05, 3.63) is 64.8 Å². The maximum atomic E-state index is 13.1. The van der Waals surface area contributed by atoms with Crippen molar-refractivity contribution in [2.75, 3.05) is 11.9 Å². The standard InChI is InChI=1S/C21H22ClN3O4/c1-4-29-17-9-13(6-8-16(17)26)19-18(12(3)23-21(28)25-19)20(27)24-14-7-5-11(2)15(22)10-14/h5-10,18-19,26H,3-4H2,1-2H3,(H,24,27)(H2,23,25,28)/t18-,19+/m1/s1. The van der Waals surface area contributed by atoms with Crippen molar-refractivity contribution in [1.82, 2.24) is 10.6 Å². The van der Waals surface area contributed by atoms with Gasteiger partial charge >= 0.3 is 6.03 Å². The van der Waals surface area contributed by atoms with E-state index in [0.717, 1.165) is 5.56 Å². The number of phenols is 1. The second-order valence-corrected chi connectivity index (χ2v) is 7.10. The second kappa shape index (κ2) is 8.45. The number of hydrogen-bond donors (Lipinski definition) is 4. The van der Waals surface area contributed by atoms with Crippen LogP contribution in [0.25, 0.3) is 0 Å². The minimum absolute atomic E-state index is 0.0232. The number of aryl methyl sites for hydroxylation is 1. The average molecular weight is 416 g/mol. The third-order valence-electron chi connectivity index (χ3n) is 4.63. The summed E-state index contributed by atoms with van der Waals surface area (Å²) >= 11 is 6.14. The van der Waals surface area contributed by atoms with Gasteiger partial charge in [0, 0.05) is 16.4 Å². The summed E-state index contributed by atoms with van der Waals surface area (Å²) in [7, 11) is 0. The van der Waals surface area contributed by atoms with Crippen LogP contribution in [0.2, 0.25) is 5.02 Å². The van der Waals surface area contributed by atoms with Gasteiger partial charge in [-0.25, -0.2) is 4.79 Å². The molecule has 8 heteroatoms. The largest absolute Gasteiger partial charge is 0.504 e. The second-order valence-electron chi connectivity index (χ2n) is 6.69. The number of anilines is 1. The van der Waals surface area contributed by atoms with Crippen LogP contribution in [-0.2, 0) is 4.79 Å². The van der Waals surface area contributed by atoms with Gasteiger partial charge in [-0.3, -0.25) is 4.79 Å². The van der Waals surface area contributed by atoms with E-state index in [0.29, 0.717) is 22.9 Å². The molecule has 2 aromatic rings. The fourth-order valence-corrected chi connectivity index (χ4v) is 3.34. The summed E-state index contributed by atoms with van der Waals surface area (Å²) in [6.07, 6.45) is 0. The smallest absolute Gasteiger partial charge is 0.319 e. The van der Waals surface area contributed by atoms with Crippen molar-refractivity contribution in [3.8, 4) is 11.5 Å². The summed E-state index contributed by atoms with van der Waals surface area (Å²) in [5.74, 6) is -0.914. The molecule has 1 saturated heterocycles. The van der Waals surface area contributed by atoms with Crippen molar-refractivity contribution >= 4 is 29.2 Å². The highest BCUT2D eigenvalue weighted by Crippen LogP contribution is 2.35. The number of hydrogen-bond acceptors (Lipinski definition) is 4. The van der Waals surface area contributed by atoms with E-state index in [4.69, 9.17) is 16.3 Å². The molecule has 152 valence electrons. The number of benzene rings is 2. The van der Waals surface area contributed by atoms with Gasteiger partial charge in [-0.2, -0.15) is 0 Å². The fraction of sp³-hybridized carbons (Fsp3) is 0.238. The summed E-state index contributed by atoms with van der Waals surface area (Å²) in [6, 6.07) is 8.75. The highest BCUT2D eigenvalue weighted by atomic mass is 35.5. The van der Waals surface area contributed by atoms with Gasteiger partial charge in [0.05, 0.1) is 12.6 Å². The minimum atomic E-state index is -0.799. The number of halogens is 1. The maximum Gasteiger partial charge on any atom is 0.319 e. The molecule has 3 amide bonds. The number of carbonyl (C=O) groups excluding carboxylic acids is 2. The van der Waals surface area contributed by atoms with E-state index in [1.165, 1.54) is 6.07 Å². The van der Waals surface area contributed by atoms with Crippen LogP contribution >= 0.6 is 11.6 Å². The number of rotatable bonds is 5. The Morgan fingerprint density at radius 1 is 1.31 bits per heavy atom. The Labute approximate surface area is 173 Å². The number of ether oxygens (including phenoxy) is 1. The van der Waals surface area contributed by atoms with Crippen molar-refractivity contribution in [3.63, 3.8) is 0 Å². The van der Waals surface area contributed by atoms with E-state index in [-0.39, 0.29) is 23.1 Å². The number of nitrogens with one attached hydrogen (secondary N) is 3. The van der Waals surface area contributed by atoms with Gasteiger partial charge in [-0.05, 0) is 49.2 Å². The van der Waals surface area contributed by atoms with E-state index in [2.05, 4.69) is 22.5 Å². The maximum absolute atomic E-state index is 13.1. The molecule has 1 fully saturated rings. The molecule has 1 aliphatic rings. The van der Waals surface area contributed by atoms with E-state index < -0.39 is 18.0 Å². The zero-order chi connectivity index (χ0) is 21.1. The van der Waals surface area contributed by atoms with Crippen molar-refractivity contribution in [2.24, 2.45) is 5.92 Å². The molecule has 0 saturated carbocycles. The number of amides is 3. The van der Waals surface area contributed by atoms with Gasteiger partial charge in [0.25, 0.3) is 0 Å². The first-order chi connectivity index (χ1) is 13.8. The third kappa shape index (κ3) is 4.46.